The fourth-order valence-electron chi connectivity index (χ4n) is 5.24. The third kappa shape index (κ3) is 5.05. The van der Waals surface area contributed by atoms with Crippen LogP contribution >= 0.6 is 34.5 Å². The van der Waals surface area contributed by atoms with Crippen LogP contribution in [0.2, 0.25) is 10.0 Å². The Balaban J connectivity index is 1.51. The van der Waals surface area contributed by atoms with E-state index in [1.165, 1.54) is 11.3 Å². The average molecular weight is 603 g/mol. The van der Waals surface area contributed by atoms with Crippen molar-refractivity contribution in [2.24, 2.45) is 4.99 Å². The van der Waals surface area contributed by atoms with Gasteiger partial charge in [-0.3, -0.25) is 9.36 Å². The van der Waals surface area contributed by atoms with Gasteiger partial charge in [-0.1, -0.05) is 89.1 Å². The number of ether oxygens (including phenoxy) is 1. The molecule has 3 aromatic carbocycles. The molecule has 0 fully saturated rings. The van der Waals surface area contributed by atoms with Crippen LogP contribution in [0.1, 0.15) is 36.6 Å². The molecular formula is C32H25Cl2N3O3S. The topological polar surface area (TPSA) is 65.6 Å². The van der Waals surface area contributed by atoms with Gasteiger partial charge < -0.3 is 9.30 Å². The lowest BCUT2D eigenvalue weighted by Crippen LogP contribution is -2.39. The number of esters is 1. The van der Waals surface area contributed by atoms with Gasteiger partial charge in [0.25, 0.3) is 5.56 Å². The van der Waals surface area contributed by atoms with Gasteiger partial charge in [0, 0.05) is 39.3 Å². The molecule has 41 heavy (non-hydrogen) atoms. The average Bonchev–Trinajstić information content (AvgIpc) is 3.46. The molecule has 2 aromatic heterocycles. The summed E-state index contributed by atoms with van der Waals surface area (Å²) in [7, 11) is 0. The Morgan fingerprint density at radius 1 is 1.07 bits per heavy atom. The van der Waals surface area contributed by atoms with Crippen molar-refractivity contribution in [3.8, 4) is 0 Å². The van der Waals surface area contributed by atoms with E-state index in [4.69, 9.17) is 27.9 Å². The summed E-state index contributed by atoms with van der Waals surface area (Å²) in [5.41, 5.74) is 4.36. The predicted octanol–water partition coefficient (Wildman–Crippen LogP) is 6.11. The predicted molar refractivity (Wildman–Crippen MR) is 164 cm³/mol. The fraction of sp³-hybridized carbons (Fsp3) is 0.156. The van der Waals surface area contributed by atoms with Crippen LogP contribution in [-0.2, 0) is 16.1 Å². The first-order valence-electron chi connectivity index (χ1n) is 13.1. The van der Waals surface area contributed by atoms with E-state index in [1.807, 2.05) is 79.0 Å². The Kier molecular flexibility index (Phi) is 7.43. The summed E-state index contributed by atoms with van der Waals surface area (Å²) in [5, 5.41) is 2.19. The Morgan fingerprint density at radius 2 is 1.83 bits per heavy atom. The van der Waals surface area contributed by atoms with Crippen LogP contribution in [0, 0.1) is 0 Å². The third-order valence-corrected chi connectivity index (χ3v) is 8.66. The molecule has 6 rings (SSSR count). The van der Waals surface area contributed by atoms with Crippen LogP contribution in [0.5, 0.6) is 0 Å². The normalized spacial score (nSPS) is 15.2. The van der Waals surface area contributed by atoms with Crippen molar-refractivity contribution in [1.29, 1.82) is 0 Å². The zero-order valence-electron chi connectivity index (χ0n) is 22.3. The molecule has 0 amide bonds. The van der Waals surface area contributed by atoms with E-state index in [2.05, 4.69) is 9.56 Å². The summed E-state index contributed by atoms with van der Waals surface area (Å²) in [6, 6.07) is 22.4. The first-order valence-corrected chi connectivity index (χ1v) is 14.7. The number of benzene rings is 3. The van der Waals surface area contributed by atoms with E-state index < -0.39 is 12.0 Å². The fourth-order valence-corrected chi connectivity index (χ4v) is 6.74. The highest BCUT2D eigenvalue weighted by molar-refractivity contribution is 7.07. The number of thiazole rings is 1. The number of hydrogen-bond acceptors (Lipinski definition) is 5. The Labute approximate surface area is 250 Å². The highest BCUT2D eigenvalue weighted by atomic mass is 35.5. The monoisotopic (exact) mass is 601 g/mol. The number of halogens is 2. The van der Waals surface area contributed by atoms with Gasteiger partial charge in [-0.25, -0.2) is 9.79 Å². The van der Waals surface area contributed by atoms with E-state index in [-0.39, 0.29) is 12.2 Å². The molecule has 5 aromatic rings. The maximum Gasteiger partial charge on any atom is 0.338 e. The molecule has 1 aliphatic heterocycles. The number of carbonyl (C=O) groups is 1. The molecule has 0 saturated carbocycles. The molecule has 3 heterocycles. The summed E-state index contributed by atoms with van der Waals surface area (Å²) in [6.45, 7) is 4.32. The van der Waals surface area contributed by atoms with Crippen molar-refractivity contribution in [2.75, 3.05) is 6.61 Å². The molecule has 1 aliphatic rings. The quantitative estimate of drug-likeness (QED) is 0.221. The van der Waals surface area contributed by atoms with Crippen molar-refractivity contribution in [1.82, 2.24) is 9.13 Å². The minimum absolute atomic E-state index is 0.213. The summed E-state index contributed by atoms with van der Waals surface area (Å²) in [4.78, 5) is 32.3. The lowest BCUT2D eigenvalue weighted by molar-refractivity contribution is -0.139. The van der Waals surface area contributed by atoms with Gasteiger partial charge in [0.2, 0.25) is 0 Å². The van der Waals surface area contributed by atoms with E-state index in [0.717, 1.165) is 27.6 Å². The number of rotatable bonds is 6. The molecule has 0 aliphatic carbocycles. The number of fused-ring (bicyclic) bond motifs is 2. The van der Waals surface area contributed by atoms with E-state index in [1.54, 1.807) is 24.5 Å². The summed E-state index contributed by atoms with van der Waals surface area (Å²) in [5.74, 6) is -0.471. The number of hydrogen-bond donors (Lipinski definition) is 0. The molecule has 0 bridgehead atoms. The van der Waals surface area contributed by atoms with Gasteiger partial charge in [0.15, 0.2) is 4.80 Å². The largest absolute Gasteiger partial charge is 0.463 e. The van der Waals surface area contributed by atoms with Gasteiger partial charge in [-0.05, 0) is 49.2 Å². The van der Waals surface area contributed by atoms with Crippen LogP contribution in [0.3, 0.4) is 0 Å². The molecule has 0 saturated heterocycles. The number of aromatic nitrogens is 2. The smallest absolute Gasteiger partial charge is 0.338 e. The molecule has 0 radical (unpaired) electrons. The van der Waals surface area contributed by atoms with Gasteiger partial charge in [0.05, 0.1) is 28.5 Å². The van der Waals surface area contributed by atoms with Crippen LogP contribution < -0.4 is 14.9 Å². The number of nitrogens with zero attached hydrogens (tertiary/aromatic N) is 3. The van der Waals surface area contributed by atoms with Crippen LogP contribution in [0.15, 0.2) is 100 Å². The second-order valence-electron chi connectivity index (χ2n) is 9.68. The van der Waals surface area contributed by atoms with Gasteiger partial charge in [-0.15, -0.1) is 0 Å². The molecule has 9 heteroatoms. The maximum absolute atomic E-state index is 14.0. The molecule has 6 nitrogen and oxygen atoms in total. The van der Waals surface area contributed by atoms with E-state index in [0.29, 0.717) is 37.2 Å². The van der Waals surface area contributed by atoms with Crippen molar-refractivity contribution in [2.45, 2.75) is 26.4 Å². The SMILES string of the molecule is CCOC(=O)C1=C(C)N=c2s/c(=C\c3cn(Cc4ccc(Cl)cc4Cl)c4ccccc34)c(=O)n2C1c1ccccc1. The van der Waals surface area contributed by atoms with Crippen molar-refractivity contribution in [3.63, 3.8) is 0 Å². The van der Waals surface area contributed by atoms with Gasteiger partial charge >= 0.3 is 5.97 Å². The van der Waals surface area contributed by atoms with Crippen LogP contribution in [0.4, 0.5) is 0 Å². The Hall–Kier alpha value is -3.91. The molecule has 206 valence electrons. The minimum Gasteiger partial charge on any atom is -0.463 e. The highest BCUT2D eigenvalue weighted by Gasteiger charge is 2.33. The Morgan fingerprint density at radius 3 is 2.59 bits per heavy atom. The zero-order chi connectivity index (χ0) is 28.7. The van der Waals surface area contributed by atoms with Crippen molar-refractivity contribution < 1.29 is 9.53 Å². The first-order chi connectivity index (χ1) is 19.9. The van der Waals surface area contributed by atoms with Crippen molar-refractivity contribution in [3.05, 3.63) is 137 Å². The number of allylic oxidation sites excluding steroid dienone is 1. The number of para-hydroxylation sites is 1. The summed E-state index contributed by atoms with van der Waals surface area (Å²) in [6.07, 6.45) is 3.93. The highest BCUT2D eigenvalue weighted by Crippen LogP contribution is 2.31. The summed E-state index contributed by atoms with van der Waals surface area (Å²) < 4.78 is 9.63. The van der Waals surface area contributed by atoms with Gasteiger partial charge in [-0.2, -0.15) is 0 Å². The first kappa shape index (κ1) is 27.3. The van der Waals surface area contributed by atoms with E-state index >= 15 is 0 Å². The molecule has 0 N–H and O–H groups in total. The number of carbonyl (C=O) groups excluding carboxylic acids is 1. The van der Waals surface area contributed by atoms with E-state index in [9.17, 15) is 9.59 Å². The standard InChI is InChI=1S/C32H25Cl2N3O3S/c1-3-40-31(39)28-19(2)35-32-37(29(28)20-9-5-4-6-10-20)30(38)27(41-32)15-22-18-36(26-12-8-7-11-24(22)26)17-21-13-14-23(33)16-25(21)34/h4-16,18,29H,3,17H2,1-2H3/b27-15-. The molecule has 1 atom stereocenters. The van der Waals surface area contributed by atoms with Crippen molar-refractivity contribution >= 4 is 57.5 Å². The molecule has 1 unspecified atom stereocenters. The van der Waals surface area contributed by atoms with Gasteiger partial charge in [0.1, 0.15) is 0 Å². The molecule has 0 spiro atoms. The minimum atomic E-state index is -0.637. The Bertz CT molecular complexity index is 2020. The zero-order valence-corrected chi connectivity index (χ0v) is 24.6. The second-order valence-corrected chi connectivity index (χ2v) is 11.5. The van der Waals surface area contributed by atoms with Crippen LogP contribution in [-0.4, -0.2) is 21.7 Å². The lowest BCUT2D eigenvalue weighted by Gasteiger charge is -2.24. The molecular weight excluding hydrogens is 577 g/mol. The van der Waals surface area contributed by atoms with Crippen LogP contribution in [0.25, 0.3) is 17.0 Å². The maximum atomic E-state index is 14.0. The third-order valence-electron chi connectivity index (χ3n) is 7.09. The summed E-state index contributed by atoms with van der Waals surface area (Å²) >= 11 is 13.9. The second kappa shape index (κ2) is 11.2. The lowest BCUT2D eigenvalue weighted by atomic mass is 9.96.